The van der Waals surface area contributed by atoms with Crippen molar-refractivity contribution in [3.8, 4) is 0 Å². The van der Waals surface area contributed by atoms with Gasteiger partial charge < -0.3 is 15.5 Å². The number of thiophene rings is 1. The molecule has 1 saturated heterocycles. The fourth-order valence-electron chi connectivity index (χ4n) is 3.02. The van der Waals surface area contributed by atoms with Gasteiger partial charge in [-0.2, -0.15) is 13.2 Å². The highest BCUT2D eigenvalue weighted by Crippen LogP contribution is 2.24. The van der Waals surface area contributed by atoms with Crippen LogP contribution in [0.15, 0.2) is 22.5 Å². The number of guanidine groups is 1. The predicted molar refractivity (Wildman–Crippen MR) is 118 cm³/mol. The summed E-state index contributed by atoms with van der Waals surface area (Å²) in [6.07, 6.45) is -1.44. The van der Waals surface area contributed by atoms with E-state index in [2.05, 4.69) is 38.0 Å². The van der Waals surface area contributed by atoms with Gasteiger partial charge in [-0.25, -0.2) is 0 Å². The molecule has 0 aliphatic carbocycles. The van der Waals surface area contributed by atoms with E-state index in [-0.39, 0.29) is 24.0 Å². The minimum atomic E-state index is -4.14. The molecule has 10 heteroatoms. The second-order valence-corrected chi connectivity index (χ2v) is 7.49. The molecule has 0 atom stereocenters. The van der Waals surface area contributed by atoms with E-state index in [1.165, 1.54) is 16.9 Å². The lowest BCUT2D eigenvalue weighted by atomic mass is 10.1. The van der Waals surface area contributed by atoms with Gasteiger partial charge >= 0.3 is 6.18 Å². The van der Waals surface area contributed by atoms with Crippen LogP contribution in [0.25, 0.3) is 0 Å². The molecule has 0 amide bonds. The van der Waals surface area contributed by atoms with E-state index < -0.39 is 12.7 Å². The molecule has 1 aliphatic heterocycles. The second-order valence-electron chi connectivity index (χ2n) is 6.56. The number of hydrogen-bond acceptors (Lipinski definition) is 4. The van der Waals surface area contributed by atoms with Gasteiger partial charge in [-0.05, 0) is 50.4 Å². The Morgan fingerprint density at radius 1 is 1.37 bits per heavy atom. The van der Waals surface area contributed by atoms with Gasteiger partial charge in [0.15, 0.2) is 5.96 Å². The number of halogens is 4. The minimum absolute atomic E-state index is 0. The molecule has 0 spiro atoms. The molecule has 0 radical (unpaired) electrons. The second kappa shape index (κ2) is 11.9. The molecular weight excluding hydrogens is 490 g/mol. The lowest BCUT2D eigenvalue weighted by Gasteiger charge is -2.33. The molecule has 0 aromatic carbocycles. The first kappa shape index (κ1) is 24.3. The van der Waals surface area contributed by atoms with E-state index in [4.69, 9.17) is 0 Å². The van der Waals surface area contributed by atoms with Crippen molar-refractivity contribution in [3.63, 3.8) is 0 Å². The van der Waals surface area contributed by atoms with Gasteiger partial charge in [-0.3, -0.25) is 9.89 Å². The van der Waals surface area contributed by atoms with Crippen LogP contribution >= 0.6 is 35.3 Å². The molecule has 5 nitrogen and oxygen atoms in total. The van der Waals surface area contributed by atoms with E-state index in [0.717, 1.165) is 31.9 Å². The number of nitrogens with one attached hydrogen (secondary N) is 2. The maximum Gasteiger partial charge on any atom is 0.401 e. The van der Waals surface area contributed by atoms with Crippen molar-refractivity contribution in [2.24, 2.45) is 4.99 Å². The lowest BCUT2D eigenvalue weighted by Crippen LogP contribution is -2.49. The average molecular weight is 519 g/mol. The van der Waals surface area contributed by atoms with Gasteiger partial charge in [0.2, 0.25) is 0 Å². The number of anilines is 1. The molecule has 0 unspecified atom stereocenters. The molecule has 2 N–H and O–H groups in total. The van der Waals surface area contributed by atoms with Gasteiger partial charge in [0.05, 0.1) is 11.5 Å². The first-order valence-corrected chi connectivity index (χ1v) is 9.76. The quantitative estimate of drug-likeness (QED) is 0.251. The van der Waals surface area contributed by atoms with Gasteiger partial charge in [0, 0.05) is 32.7 Å². The molecule has 1 aromatic heterocycles. The summed E-state index contributed by atoms with van der Waals surface area (Å²) in [5, 5.41) is 10.0. The molecule has 2 rings (SSSR count). The number of nitrogens with zero attached hydrogens (tertiary/aromatic N) is 3. The lowest BCUT2D eigenvalue weighted by molar-refractivity contribution is -0.143. The summed E-state index contributed by atoms with van der Waals surface area (Å²) < 4.78 is 36.9. The van der Waals surface area contributed by atoms with Crippen molar-refractivity contribution in [2.45, 2.75) is 31.5 Å². The van der Waals surface area contributed by atoms with Crippen LogP contribution < -0.4 is 15.5 Å². The van der Waals surface area contributed by atoms with Crippen molar-refractivity contribution in [2.75, 3.05) is 51.7 Å². The van der Waals surface area contributed by atoms with Crippen LogP contribution in [0.4, 0.5) is 18.2 Å². The Morgan fingerprint density at radius 2 is 2.07 bits per heavy atom. The molecule has 0 saturated carbocycles. The molecule has 1 fully saturated rings. The topological polar surface area (TPSA) is 42.9 Å². The smallest absolute Gasteiger partial charge is 0.363 e. The van der Waals surface area contributed by atoms with Crippen molar-refractivity contribution in [3.05, 3.63) is 17.5 Å². The summed E-state index contributed by atoms with van der Waals surface area (Å²) in [7, 11) is 3.20. The van der Waals surface area contributed by atoms with Crippen molar-refractivity contribution in [1.29, 1.82) is 0 Å². The normalized spacial score (nSPS) is 16.4. The fourth-order valence-corrected chi connectivity index (χ4v) is 3.81. The summed E-state index contributed by atoms with van der Waals surface area (Å²) in [5.74, 6) is 0.720. The van der Waals surface area contributed by atoms with Crippen molar-refractivity contribution < 1.29 is 13.2 Å². The maximum absolute atomic E-state index is 12.3. The Bertz CT molecular complexity index is 545. The summed E-state index contributed by atoms with van der Waals surface area (Å²) >= 11 is 1.76. The van der Waals surface area contributed by atoms with Crippen LogP contribution in [-0.4, -0.2) is 69.9 Å². The van der Waals surface area contributed by atoms with Crippen molar-refractivity contribution in [1.82, 2.24) is 15.5 Å². The monoisotopic (exact) mass is 519 g/mol. The number of alkyl halides is 3. The van der Waals surface area contributed by atoms with Crippen LogP contribution in [0.3, 0.4) is 0 Å². The van der Waals surface area contributed by atoms with E-state index >= 15 is 0 Å². The third-order valence-electron chi connectivity index (χ3n) is 4.34. The Hall–Kier alpha value is -0.750. The van der Waals surface area contributed by atoms with Crippen LogP contribution in [0.5, 0.6) is 0 Å². The zero-order valence-electron chi connectivity index (χ0n) is 15.8. The van der Waals surface area contributed by atoms with Crippen LogP contribution in [-0.2, 0) is 0 Å². The van der Waals surface area contributed by atoms with Gasteiger partial charge in [0.25, 0.3) is 0 Å². The highest BCUT2D eigenvalue weighted by molar-refractivity contribution is 14.0. The third kappa shape index (κ3) is 9.33. The highest BCUT2D eigenvalue weighted by atomic mass is 127. The molecule has 1 aliphatic rings. The summed E-state index contributed by atoms with van der Waals surface area (Å²) in [6, 6.07) is 4.59. The predicted octanol–water partition coefficient (Wildman–Crippen LogP) is 3.38. The average Bonchev–Trinajstić information content (AvgIpc) is 3.11. The van der Waals surface area contributed by atoms with E-state index in [0.29, 0.717) is 25.6 Å². The summed E-state index contributed by atoms with van der Waals surface area (Å²) in [4.78, 5) is 7.90. The van der Waals surface area contributed by atoms with Gasteiger partial charge in [-0.15, -0.1) is 35.3 Å². The standard InChI is InChI=1S/C17H28F3N5S.HI/c1-21-16(22-8-4-9-24(2)13-17(18,19)20)23-14-6-10-25(11-7-14)15-5-3-12-26-15;/h3,5,12,14H,4,6-11,13H2,1-2H3,(H2,21,22,23);1H. The summed E-state index contributed by atoms with van der Waals surface area (Å²) in [5.41, 5.74) is 0. The number of piperidine rings is 1. The number of hydrogen-bond donors (Lipinski definition) is 2. The maximum atomic E-state index is 12.3. The van der Waals surface area contributed by atoms with E-state index in [1.54, 1.807) is 18.4 Å². The first-order chi connectivity index (χ1) is 12.4. The minimum Gasteiger partial charge on any atom is -0.363 e. The Morgan fingerprint density at radius 3 is 2.63 bits per heavy atom. The van der Waals surface area contributed by atoms with E-state index in [9.17, 15) is 13.2 Å². The zero-order valence-corrected chi connectivity index (χ0v) is 18.9. The third-order valence-corrected chi connectivity index (χ3v) is 5.26. The van der Waals surface area contributed by atoms with Crippen LogP contribution in [0, 0.1) is 0 Å². The Labute approximate surface area is 180 Å². The number of aliphatic imine (C=N–C) groups is 1. The fraction of sp³-hybridized carbons (Fsp3) is 0.706. The number of rotatable bonds is 7. The van der Waals surface area contributed by atoms with Crippen LogP contribution in [0.1, 0.15) is 19.3 Å². The highest BCUT2D eigenvalue weighted by Gasteiger charge is 2.28. The van der Waals surface area contributed by atoms with Gasteiger partial charge in [0.1, 0.15) is 0 Å². The van der Waals surface area contributed by atoms with E-state index in [1.807, 2.05) is 0 Å². The van der Waals surface area contributed by atoms with Crippen molar-refractivity contribution >= 4 is 46.3 Å². The Kier molecular flexibility index (Phi) is 10.7. The van der Waals surface area contributed by atoms with Gasteiger partial charge in [-0.1, -0.05) is 0 Å². The SMILES string of the molecule is CN=C(NCCCN(C)CC(F)(F)F)NC1CCN(c2cccs2)CC1.I. The molecule has 156 valence electrons. The molecule has 27 heavy (non-hydrogen) atoms. The molecule has 0 bridgehead atoms. The molecule has 2 heterocycles. The molecule has 1 aromatic rings. The zero-order chi connectivity index (χ0) is 19.0. The Balaban J connectivity index is 0.00000364. The first-order valence-electron chi connectivity index (χ1n) is 8.88. The molecular formula is C17H29F3IN5S. The summed E-state index contributed by atoms with van der Waals surface area (Å²) in [6.45, 7) is 2.14. The van der Waals surface area contributed by atoms with Crippen LogP contribution in [0.2, 0.25) is 0 Å². The largest absolute Gasteiger partial charge is 0.401 e.